The van der Waals surface area contributed by atoms with Crippen molar-refractivity contribution >= 4 is 57.2 Å². The quantitative estimate of drug-likeness (QED) is 0.260. The molecule has 39 heavy (non-hydrogen) atoms. The van der Waals surface area contributed by atoms with Crippen LogP contribution in [0.1, 0.15) is 11.1 Å². The van der Waals surface area contributed by atoms with Crippen LogP contribution in [0.3, 0.4) is 0 Å². The van der Waals surface area contributed by atoms with Crippen LogP contribution in [0.15, 0.2) is 98.8 Å². The summed E-state index contributed by atoms with van der Waals surface area (Å²) in [4.78, 5) is 42.6. The molecule has 0 bridgehead atoms. The topological polar surface area (TPSA) is 84.9 Å². The fourth-order valence-corrected chi connectivity index (χ4v) is 7.36. The van der Waals surface area contributed by atoms with Gasteiger partial charge in [-0.1, -0.05) is 76.2 Å². The highest BCUT2D eigenvalue weighted by Crippen LogP contribution is 2.45. The van der Waals surface area contributed by atoms with Gasteiger partial charge in [0.15, 0.2) is 0 Å². The third kappa shape index (κ3) is 6.34. The molecule has 5 rings (SSSR count). The van der Waals surface area contributed by atoms with E-state index >= 15 is 0 Å². The second kappa shape index (κ2) is 12.3. The first-order valence-corrected chi connectivity index (χ1v) is 14.8. The number of carbonyl (C=O) groups excluding carboxylic acids is 3. The molecule has 3 aromatic rings. The number of nitrogens with zero attached hydrogens (tertiary/aromatic N) is 1. The van der Waals surface area contributed by atoms with Crippen molar-refractivity contribution in [1.29, 1.82) is 0 Å². The van der Waals surface area contributed by atoms with E-state index in [0.717, 1.165) is 25.4 Å². The Labute approximate surface area is 243 Å². The molecule has 0 aromatic heterocycles. The zero-order valence-corrected chi connectivity index (χ0v) is 24.2. The van der Waals surface area contributed by atoms with E-state index in [1.165, 1.54) is 28.4 Å². The van der Waals surface area contributed by atoms with Crippen molar-refractivity contribution in [3.63, 3.8) is 0 Å². The Morgan fingerprint density at radius 3 is 2.54 bits per heavy atom. The molecule has 200 valence electrons. The molecule has 2 amide bonds. The average Bonchev–Trinajstić information content (AvgIpc) is 2.95. The van der Waals surface area contributed by atoms with Gasteiger partial charge in [-0.3, -0.25) is 14.5 Å². The van der Waals surface area contributed by atoms with Gasteiger partial charge in [0.25, 0.3) is 5.91 Å². The molecule has 1 N–H and O–H groups in total. The first-order chi connectivity index (χ1) is 18.9. The van der Waals surface area contributed by atoms with Crippen molar-refractivity contribution in [2.45, 2.75) is 29.3 Å². The van der Waals surface area contributed by atoms with Crippen LogP contribution in [0.5, 0.6) is 5.75 Å². The van der Waals surface area contributed by atoms with Gasteiger partial charge in [-0.2, -0.15) is 0 Å². The molecule has 2 aliphatic heterocycles. The number of esters is 1. The molecule has 10 heteroatoms. The van der Waals surface area contributed by atoms with Crippen LogP contribution in [0.2, 0.25) is 0 Å². The predicted octanol–water partition coefficient (Wildman–Crippen LogP) is 5.15. The minimum atomic E-state index is -0.701. The number of rotatable bonds is 9. The van der Waals surface area contributed by atoms with Gasteiger partial charge in [0, 0.05) is 20.0 Å². The maximum atomic E-state index is 13.4. The van der Waals surface area contributed by atoms with Crippen LogP contribution in [-0.2, 0) is 32.1 Å². The lowest BCUT2D eigenvalue weighted by molar-refractivity contribution is -0.153. The maximum absolute atomic E-state index is 13.4. The predicted molar refractivity (Wildman–Crippen MR) is 155 cm³/mol. The van der Waals surface area contributed by atoms with Gasteiger partial charge in [0.2, 0.25) is 5.91 Å². The van der Waals surface area contributed by atoms with Crippen molar-refractivity contribution in [3.8, 4) is 5.75 Å². The first-order valence-electron chi connectivity index (χ1n) is 12.2. The van der Waals surface area contributed by atoms with Crippen molar-refractivity contribution in [1.82, 2.24) is 10.2 Å². The smallest absolute Gasteiger partial charge is 0.356 e. The number of fused-ring (bicyclic) bond motifs is 1. The minimum absolute atomic E-state index is 0.0538. The van der Waals surface area contributed by atoms with Crippen LogP contribution in [0.25, 0.3) is 0 Å². The molecule has 0 spiro atoms. The van der Waals surface area contributed by atoms with Gasteiger partial charge < -0.3 is 14.8 Å². The van der Waals surface area contributed by atoms with Crippen LogP contribution in [0.4, 0.5) is 0 Å². The zero-order valence-electron chi connectivity index (χ0n) is 21.0. The van der Waals surface area contributed by atoms with E-state index in [1.807, 2.05) is 66.7 Å². The molecular formula is C29H25BrN2O5S2. The van der Waals surface area contributed by atoms with Crippen molar-refractivity contribution in [2.24, 2.45) is 0 Å². The third-order valence-corrected chi connectivity index (χ3v) is 9.25. The van der Waals surface area contributed by atoms with E-state index in [-0.39, 0.29) is 35.9 Å². The molecule has 0 unspecified atom stereocenters. The summed E-state index contributed by atoms with van der Waals surface area (Å²) in [7, 11) is 1.59. The van der Waals surface area contributed by atoms with Crippen LogP contribution < -0.4 is 10.1 Å². The molecule has 2 heterocycles. The molecule has 0 aliphatic carbocycles. The Balaban J connectivity index is 1.34. The minimum Gasteiger partial charge on any atom is -0.497 e. The Morgan fingerprint density at radius 1 is 1.05 bits per heavy atom. The average molecular weight is 626 g/mol. The highest BCUT2D eigenvalue weighted by molar-refractivity contribution is 9.10. The maximum Gasteiger partial charge on any atom is 0.356 e. The van der Waals surface area contributed by atoms with E-state index in [1.54, 1.807) is 19.2 Å². The van der Waals surface area contributed by atoms with Crippen LogP contribution >= 0.6 is 39.5 Å². The van der Waals surface area contributed by atoms with E-state index in [9.17, 15) is 14.4 Å². The number of hydrogen-bond donors (Lipinski definition) is 1. The molecule has 2 atom stereocenters. The molecule has 3 aromatic carbocycles. The summed E-state index contributed by atoms with van der Waals surface area (Å²) in [6.07, 6.45) is 0.179. The summed E-state index contributed by atoms with van der Waals surface area (Å²) in [5, 5.41) is 2.48. The highest BCUT2D eigenvalue weighted by atomic mass is 79.9. The number of methoxy groups -OCH3 is 1. The summed E-state index contributed by atoms with van der Waals surface area (Å²) in [6, 6.07) is 23.7. The SMILES string of the molecule is COc1ccc(COC(=O)C2=C(Sc3cccc(Br)c3)CS[C@@H]3[C@H](NC(=O)Cc4ccccc4)C(=O)N23)cc1. The summed E-state index contributed by atoms with van der Waals surface area (Å²) >= 11 is 6.44. The zero-order chi connectivity index (χ0) is 27.4. The van der Waals surface area contributed by atoms with E-state index in [4.69, 9.17) is 9.47 Å². The van der Waals surface area contributed by atoms with Gasteiger partial charge in [0.1, 0.15) is 29.5 Å². The van der Waals surface area contributed by atoms with Gasteiger partial charge in [0.05, 0.1) is 13.5 Å². The second-order valence-electron chi connectivity index (χ2n) is 8.87. The number of β-lactam (4-membered cyclic amide) rings is 1. The number of thioether (sulfide) groups is 2. The molecule has 0 radical (unpaired) electrons. The fourth-order valence-electron chi connectivity index (χ4n) is 4.28. The fraction of sp³-hybridized carbons (Fsp3) is 0.207. The molecule has 1 saturated heterocycles. The summed E-state index contributed by atoms with van der Waals surface area (Å²) in [5.41, 5.74) is 1.90. The van der Waals surface area contributed by atoms with Gasteiger partial charge in [-0.15, -0.1) is 11.8 Å². The van der Waals surface area contributed by atoms with E-state index in [0.29, 0.717) is 11.5 Å². The number of nitrogens with one attached hydrogen (secondary N) is 1. The van der Waals surface area contributed by atoms with Gasteiger partial charge in [-0.25, -0.2) is 4.79 Å². The molecule has 2 aliphatic rings. The lowest BCUT2D eigenvalue weighted by atomic mass is 10.0. The van der Waals surface area contributed by atoms with Gasteiger partial charge in [-0.05, 0) is 41.5 Å². The Hall–Kier alpha value is -3.21. The summed E-state index contributed by atoms with van der Waals surface area (Å²) < 4.78 is 11.8. The standard InChI is InChI=1S/C29H25BrN2O5S2/c1-36-21-12-10-19(11-13-21)16-37-29(35)26-23(39-22-9-5-8-20(30)15-22)17-38-28-25(27(34)32(26)28)31-24(33)14-18-6-3-2-4-7-18/h2-13,15,25,28H,14,16-17H2,1H3,(H,31,33)/t25-,28-/m1/s1. The number of amides is 2. The monoisotopic (exact) mass is 624 g/mol. The number of carbonyl (C=O) groups is 3. The van der Waals surface area contributed by atoms with Crippen LogP contribution in [0, 0.1) is 0 Å². The van der Waals surface area contributed by atoms with E-state index < -0.39 is 12.0 Å². The Kier molecular flexibility index (Phi) is 8.64. The number of ether oxygens (including phenoxy) is 2. The molecule has 1 fully saturated rings. The highest BCUT2D eigenvalue weighted by Gasteiger charge is 2.54. The molecular weight excluding hydrogens is 600 g/mol. The largest absolute Gasteiger partial charge is 0.497 e. The number of halogens is 1. The van der Waals surface area contributed by atoms with E-state index in [2.05, 4.69) is 21.2 Å². The van der Waals surface area contributed by atoms with Crippen LogP contribution in [-0.4, -0.2) is 47.0 Å². The number of benzene rings is 3. The summed E-state index contributed by atoms with van der Waals surface area (Å²) in [6.45, 7) is 0.0538. The van der Waals surface area contributed by atoms with Gasteiger partial charge >= 0.3 is 5.97 Å². The first kappa shape index (κ1) is 27.4. The summed E-state index contributed by atoms with van der Waals surface area (Å²) in [5.74, 6) is 0.0816. The number of hydrogen-bond acceptors (Lipinski definition) is 7. The van der Waals surface area contributed by atoms with Crippen molar-refractivity contribution in [3.05, 3.63) is 105 Å². The third-order valence-electron chi connectivity index (χ3n) is 6.22. The lowest BCUT2D eigenvalue weighted by Crippen LogP contribution is -2.70. The Morgan fingerprint density at radius 2 is 1.82 bits per heavy atom. The molecule has 7 nitrogen and oxygen atoms in total. The van der Waals surface area contributed by atoms with Crippen molar-refractivity contribution < 1.29 is 23.9 Å². The molecule has 0 saturated carbocycles. The lowest BCUT2D eigenvalue weighted by Gasteiger charge is -2.49. The second-order valence-corrected chi connectivity index (χ2v) is 12.1. The normalized spacial score (nSPS) is 18.2. The van der Waals surface area contributed by atoms with Crippen molar-refractivity contribution in [2.75, 3.05) is 12.9 Å². The Bertz CT molecular complexity index is 1410.